The molecule has 0 radical (unpaired) electrons. The van der Waals surface area contributed by atoms with Crippen LogP contribution in [0.15, 0.2) is 30.3 Å². The van der Waals surface area contributed by atoms with E-state index in [0.29, 0.717) is 40.3 Å². The van der Waals surface area contributed by atoms with Crippen molar-refractivity contribution in [2.75, 3.05) is 19.4 Å². The van der Waals surface area contributed by atoms with E-state index in [1.807, 2.05) is 12.1 Å². The van der Waals surface area contributed by atoms with E-state index in [0.717, 1.165) is 61.8 Å². The van der Waals surface area contributed by atoms with E-state index >= 15 is 0 Å². The molecule has 1 amide bonds. The molecule has 1 saturated heterocycles. The van der Waals surface area contributed by atoms with Gasteiger partial charge in [0, 0.05) is 47.4 Å². The molecule has 2 atom stereocenters. The summed E-state index contributed by atoms with van der Waals surface area (Å²) in [7, 11) is 0. The molecule has 1 unspecified atom stereocenters. The normalized spacial score (nSPS) is 21.1. The Bertz CT molecular complexity index is 998. The van der Waals surface area contributed by atoms with Crippen molar-refractivity contribution in [3.05, 3.63) is 62.9 Å². The first kappa shape index (κ1) is 24.6. The molecule has 0 aromatic heterocycles. The second-order valence-corrected chi connectivity index (χ2v) is 10.6. The molecule has 1 heterocycles. The summed E-state index contributed by atoms with van der Waals surface area (Å²) in [5.74, 6) is 0.300. The smallest absolute Gasteiger partial charge is 0.264 e. The predicted molar refractivity (Wildman–Crippen MR) is 134 cm³/mol. The van der Waals surface area contributed by atoms with Crippen molar-refractivity contribution in [3.63, 3.8) is 0 Å². The quantitative estimate of drug-likeness (QED) is 0.401. The van der Waals surface area contributed by atoms with Crippen LogP contribution in [0.3, 0.4) is 0 Å². The van der Waals surface area contributed by atoms with Crippen molar-refractivity contribution in [1.29, 1.82) is 0 Å². The van der Waals surface area contributed by atoms with Crippen LogP contribution in [0.5, 0.6) is 5.75 Å². The number of nitrogens with one attached hydrogen (secondary N) is 1. The summed E-state index contributed by atoms with van der Waals surface area (Å²) in [6, 6.07) is 9.17. The van der Waals surface area contributed by atoms with Gasteiger partial charge in [0.15, 0.2) is 0 Å². The molecule has 4 nitrogen and oxygen atoms in total. The Labute approximate surface area is 209 Å². The Hall–Kier alpha value is -1.47. The number of carbonyl (C=O) groups is 1. The largest absolute Gasteiger partial charge is 0.493 e. The lowest BCUT2D eigenvalue weighted by Crippen LogP contribution is -2.42. The topological polar surface area (TPSA) is 41.6 Å². The van der Waals surface area contributed by atoms with E-state index in [4.69, 9.17) is 27.9 Å². The number of hydrogen-bond donors (Lipinski definition) is 1. The number of rotatable bonds is 8. The summed E-state index contributed by atoms with van der Waals surface area (Å²) in [6.45, 7) is 4.43. The average Bonchev–Trinajstić information content (AvgIpc) is 3.59. The summed E-state index contributed by atoms with van der Waals surface area (Å²) in [4.78, 5) is 14.6. The van der Waals surface area contributed by atoms with Gasteiger partial charge in [-0.3, -0.25) is 14.4 Å². The Balaban J connectivity index is 1.43. The van der Waals surface area contributed by atoms with Gasteiger partial charge < -0.3 is 4.74 Å². The fraction of sp³-hybridized carbons (Fsp3) is 0.480. The summed E-state index contributed by atoms with van der Waals surface area (Å²) in [6.07, 6.45) is 5.96. The van der Waals surface area contributed by atoms with Gasteiger partial charge in [-0.25, -0.2) is 4.39 Å². The fourth-order valence-corrected chi connectivity index (χ4v) is 5.36. The van der Waals surface area contributed by atoms with E-state index in [9.17, 15) is 9.18 Å². The summed E-state index contributed by atoms with van der Waals surface area (Å²) in [5, 5.41) is 1.29. The van der Waals surface area contributed by atoms with Gasteiger partial charge in [0.25, 0.3) is 5.91 Å². The van der Waals surface area contributed by atoms with Crippen molar-refractivity contribution in [1.82, 2.24) is 9.62 Å². The van der Waals surface area contributed by atoms with E-state index in [1.54, 1.807) is 18.4 Å². The minimum absolute atomic E-state index is 0.0800. The van der Waals surface area contributed by atoms with Crippen LogP contribution in [-0.2, 0) is 6.54 Å². The number of carbonyl (C=O) groups excluding carboxylic acids is 1. The lowest BCUT2D eigenvalue weighted by atomic mass is 9.93. The molecule has 0 bridgehead atoms. The number of amides is 1. The SMILES string of the molecule is CSNC(=O)c1cc(C2CC2)c(OCC2CC[C@@H](C)N(Cc3cc(Cl)cc(Cl)c3)C2)cc1F. The third kappa shape index (κ3) is 6.36. The van der Waals surface area contributed by atoms with Gasteiger partial charge in [0.05, 0.1) is 12.2 Å². The molecule has 2 aromatic carbocycles. The maximum atomic E-state index is 14.7. The van der Waals surface area contributed by atoms with Crippen LogP contribution >= 0.6 is 35.1 Å². The van der Waals surface area contributed by atoms with Gasteiger partial charge >= 0.3 is 0 Å². The number of likely N-dealkylation sites (tertiary alicyclic amines) is 1. The molecule has 1 aliphatic carbocycles. The van der Waals surface area contributed by atoms with Gasteiger partial charge in [-0.1, -0.05) is 35.1 Å². The third-order valence-corrected chi connectivity index (χ3v) is 7.27. The minimum Gasteiger partial charge on any atom is -0.493 e. The maximum Gasteiger partial charge on any atom is 0.264 e. The van der Waals surface area contributed by atoms with Crippen molar-refractivity contribution < 1.29 is 13.9 Å². The number of hydrogen-bond acceptors (Lipinski definition) is 4. The van der Waals surface area contributed by atoms with Gasteiger partial charge in [-0.15, -0.1) is 0 Å². The number of benzene rings is 2. The molecule has 1 saturated carbocycles. The average molecular weight is 511 g/mol. The summed E-state index contributed by atoms with van der Waals surface area (Å²) >= 11 is 13.5. The zero-order chi connectivity index (χ0) is 23.5. The first-order chi connectivity index (χ1) is 15.8. The van der Waals surface area contributed by atoms with Crippen molar-refractivity contribution in [2.45, 2.75) is 51.1 Å². The number of piperidine rings is 1. The van der Waals surface area contributed by atoms with E-state index < -0.39 is 11.7 Å². The Morgan fingerprint density at radius 1 is 1.15 bits per heavy atom. The second-order valence-electron chi connectivity index (χ2n) is 9.09. The zero-order valence-electron chi connectivity index (χ0n) is 18.9. The van der Waals surface area contributed by atoms with E-state index in [-0.39, 0.29) is 5.56 Å². The van der Waals surface area contributed by atoms with E-state index in [1.165, 1.54) is 6.07 Å². The molecule has 33 heavy (non-hydrogen) atoms. The highest BCUT2D eigenvalue weighted by Crippen LogP contribution is 2.45. The highest BCUT2D eigenvalue weighted by atomic mass is 35.5. The third-order valence-electron chi connectivity index (χ3n) is 6.45. The first-order valence-corrected chi connectivity index (χ1v) is 13.3. The lowest BCUT2D eigenvalue weighted by Gasteiger charge is -2.38. The Kier molecular flexibility index (Phi) is 8.11. The van der Waals surface area contributed by atoms with Crippen LogP contribution in [0.1, 0.15) is 60.0 Å². The molecular formula is C25H29Cl2FN2O2S. The van der Waals surface area contributed by atoms with E-state index in [2.05, 4.69) is 16.5 Å². The monoisotopic (exact) mass is 510 g/mol. The van der Waals surface area contributed by atoms with Gasteiger partial charge in [-0.2, -0.15) is 0 Å². The van der Waals surface area contributed by atoms with Crippen LogP contribution in [0.2, 0.25) is 10.0 Å². The molecule has 0 spiro atoms. The van der Waals surface area contributed by atoms with Crippen molar-refractivity contribution in [2.24, 2.45) is 5.92 Å². The number of nitrogens with zero attached hydrogens (tertiary/aromatic N) is 1. The maximum absolute atomic E-state index is 14.7. The van der Waals surface area contributed by atoms with Gasteiger partial charge in [0.1, 0.15) is 11.6 Å². The van der Waals surface area contributed by atoms with Crippen LogP contribution in [-0.4, -0.2) is 36.3 Å². The number of halogens is 3. The lowest BCUT2D eigenvalue weighted by molar-refractivity contribution is 0.0831. The Morgan fingerprint density at radius 3 is 2.55 bits per heavy atom. The molecule has 178 valence electrons. The molecule has 4 rings (SSSR count). The summed E-state index contributed by atoms with van der Waals surface area (Å²) < 4.78 is 23.5. The van der Waals surface area contributed by atoms with Gasteiger partial charge in [-0.05, 0) is 73.9 Å². The highest BCUT2D eigenvalue weighted by Gasteiger charge is 2.31. The molecule has 1 aliphatic heterocycles. The predicted octanol–water partition coefficient (Wildman–Crippen LogP) is 6.70. The fourth-order valence-electron chi connectivity index (χ4n) is 4.49. The van der Waals surface area contributed by atoms with Crippen molar-refractivity contribution in [3.8, 4) is 5.75 Å². The standard InChI is InChI=1S/C25H29Cl2FN2O2S/c1-15-3-4-16(12-30(15)13-17-7-19(26)9-20(27)8-17)14-32-24-11-23(28)22(25(31)29-33-2)10-21(24)18-5-6-18/h7-11,15-16,18H,3-6,12-14H2,1-2H3,(H,29,31)/t15-,16?/m1/s1. The van der Waals surface area contributed by atoms with Crippen LogP contribution in [0.25, 0.3) is 0 Å². The second kappa shape index (κ2) is 10.9. The van der Waals surface area contributed by atoms with Gasteiger partial charge in [0.2, 0.25) is 0 Å². The molecule has 2 fully saturated rings. The molecule has 2 aliphatic rings. The molecule has 2 aromatic rings. The van der Waals surface area contributed by atoms with Crippen molar-refractivity contribution >= 4 is 41.1 Å². The highest BCUT2D eigenvalue weighted by molar-refractivity contribution is 7.97. The Morgan fingerprint density at radius 2 is 1.88 bits per heavy atom. The molecular weight excluding hydrogens is 482 g/mol. The van der Waals surface area contributed by atoms with Crippen LogP contribution < -0.4 is 9.46 Å². The summed E-state index contributed by atoms with van der Waals surface area (Å²) in [5.41, 5.74) is 2.12. The molecule has 1 N–H and O–H groups in total. The zero-order valence-corrected chi connectivity index (χ0v) is 21.2. The van der Waals surface area contributed by atoms with Crippen LogP contribution in [0.4, 0.5) is 4.39 Å². The number of ether oxygens (including phenoxy) is 1. The molecule has 8 heteroatoms. The minimum atomic E-state index is -0.544. The first-order valence-electron chi connectivity index (χ1n) is 11.3. The van der Waals surface area contributed by atoms with Crippen LogP contribution in [0, 0.1) is 11.7 Å².